The van der Waals surface area contributed by atoms with Gasteiger partial charge in [-0.3, -0.25) is 4.79 Å². The van der Waals surface area contributed by atoms with Crippen LogP contribution in [0.5, 0.6) is 11.5 Å². The number of anilines is 1. The van der Waals surface area contributed by atoms with E-state index in [1.54, 1.807) is 0 Å². The molecule has 0 bridgehead atoms. The van der Waals surface area contributed by atoms with E-state index >= 15 is 0 Å². The van der Waals surface area contributed by atoms with Crippen LogP contribution >= 0.6 is 15.9 Å². The molecule has 1 aromatic carbocycles. The largest absolute Gasteiger partial charge is 0.493 e. The van der Waals surface area contributed by atoms with Crippen molar-refractivity contribution in [2.75, 3.05) is 19.5 Å². The highest BCUT2D eigenvalue weighted by molar-refractivity contribution is 9.10. The van der Waals surface area contributed by atoms with Crippen molar-refractivity contribution in [3.63, 3.8) is 0 Å². The van der Waals surface area contributed by atoms with E-state index in [0.717, 1.165) is 12.8 Å². The second kappa shape index (κ2) is 8.79. The van der Waals surface area contributed by atoms with Gasteiger partial charge >= 0.3 is 11.9 Å². The third-order valence-corrected chi connectivity index (χ3v) is 4.61. The van der Waals surface area contributed by atoms with Gasteiger partial charge < -0.3 is 30.4 Å². The summed E-state index contributed by atoms with van der Waals surface area (Å²) in [6, 6.07) is 2.93. The number of aromatic carboxylic acids is 2. The monoisotopic (exact) mass is 454 g/mol. The predicted molar refractivity (Wildman–Crippen MR) is 105 cm³/mol. The number of carboxylic acid groups (broad SMARTS) is 2. The van der Waals surface area contributed by atoms with E-state index in [1.807, 2.05) is 6.92 Å². The molecule has 9 nitrogen and oxygen atoms in total. The van der Waals surface area contributed by atoms with E-state index in [4.69, 9.17) is 15.2 Å². The highest BCUT2D eigenvalue weighted by Gasteiger charge is 2.28. The summed E-state index contributed by atoms with van der Waals surface area (Å²) in [5.74, 6) is -2.89. The van der Waals surface area contributed by atoms with Crippen molar-refractivity contribution >= 4 is 33.7 Å². The molecule has 1 aromatic heterocycles. The Balaban J connectivity index is 2.82. The molecule has 0 saturated carbocycles. The second-order valence-corrected chi connectivity index (χ2v) is 6.64. The molecule has 0 aliphatic rings. The molecule has 0 unspecified atom stereocenters. The number of unbranched alkanes of at least 4 members (excludes halogenated alkanes) is 1. The number of nitrogens with two attached hydrogens (primary N) is 1. The molecule has 28 heavy (non-hydrogen) atoms. The summed E-state index contributed by atoms with van der Waals surface area (Å²) >= 11 is 3.30. The number of halogens is 1. The first kappa shape index (κ1) is 21.3. The van der Waals surface area contributed by atoms with Crippen molar-refractivity contribution < 1.29 is 29.3 Å². The number of nitrogen functional groups attached to an aromatic ring is 1. The minimum Gasteiger partial charge on any atom is -0.493 e. The molecule has 5 N–H and O–H groups in total. The fraction of sp³-hybridized carbons (Fsp3) is 0.278. The molecule has 0 atom stereocenters. The number of methoxy groups -OCH3 is 1. The van der Waals surface area contributed by atoms with Crippen LogP contribution < -0.4 is 20.8 Å². The Morgan fingerprint density at radius 3 is 2.36 bits per heavy atom. The molecule has 150 valence electrons. The summed E-state index contributed by atoms with van der Waals surface area (Å²) in [6.45, 7) is 2.45. The molecule has 0 aliphatic carbocycles. The van der Waals surface area contributed by atoms with Gasteiger partial charge in [0.15, 0.2) is 11.5 Å². The molecule has 2 rings (SSSR count). The second-order valence-electron chi connectivity index (χ2n) is 5.79. The van der Waals surface area contributed by atoms with Crippen LogP contribution in [0, 0.1) is 0 Å². The zero-order chi connectivity index (χ0) is 21.0. The van der Waals surface area contributed by atoms with E-state index in [-0.39, 0.29) is 16.9 Å². The van der Waals surface area contributed by atoms with Gasteiger partial charge in [0.25, 0.3) is 5.56 Å². The van der Waals surface area contributed by atoms with E-state index in [9.17, 15) is 24.6 Å². The Hall–Kier alpha value is -3.01. The van der Waals surface area contributed by atoms with Crippen LogP contribution in [0.15, 0.2) is 21.4 Å². The van der Waals surface area contributed by atoms with Gasteiger partial charge in [0.05, 0.1) is 13.7 Å². The summed E-state index contributed by atoms with van der Waals surface area (Å²) in [5, 5.41) is 19.0. The average Bonchev–Trinajstić information content (AvgIpc) is 2.60. The first-order valence-electron chi connectivity index (χ1n) is 8.25. The summed E-state index contributed by atoms with van der Waals surface area (Å²) in [7, 11) is 1.39. The summed E-state index contributed by atoms with van der Waals surface area (Å²) in [5.41, 5.74) is 3.17. The van der Waals surface area contributed by atoms with E-state index in [2.05, 4.69) is 20.9 Å². The summed E-state index contributed by atoms with van der Waals surface area (Å²) < 4.78 is 11.3. The quantitative estimate of drug-likeness (QED) is 0.444. The number of aromatic amines is 1. The smallest absolute Gasteiger partial charge is 0.342 e. The maximum Gasteiger partial charge on any atom is 0.342 e. The standard InChI is InChI=1S/C18H19BrN2O7/c1-3-4-5-28-11-7-9(19)8(6-10(11)27-2)12-13(17(23)24)15(20)21-16(22)14(12)18(25)26/h6-7H,3-5H2,1-2H3,(H,23,24)(H,25,26)(H3,20,21,22). The number of carboxylic acids is 2. The first-order chi connectivity index (χ1) is 13.2. The van der Waals surface area contributed by atoms with E-state index in [1.165, 1.54) is 19.2 Å². The van der Waals surface area contributed by atoms with Crippen molar-refractivity contribution in [3.8, 4) is 22.6 Å². The zero-order valence-electron chi connectivity index (χ0n) is 15.2. The van der Waals surface area contributed by atoms with E-state index < -0.39 is 34.4 Å². The van der Waals surface area contributed by atoms with Gasteiger partial charge in [0.2, 0.25) is 0 Å². The van der Waals surface area contributed by atoms with Crippen molar-refractivity contribution in [1.29, 1.82) is 0 Å². The van der Waals surface area contributed by atoms with Crippen molar-refractivity contribution in [2.45, 2.75) is 19.8 Å². The lowest BCUT2D eigenvalue weighted by atomic mass is 9.95. The number of carbonyl (C=O) groups is 2. The average molecular weight is 455 g/mol. The fourth-order valence-corrected chi connectivity index (χ4v) is 3.16. The van der Waals surface area contributed by atoms with Gasteiger partial charge in [0.1, 0.15) is 16.9 Å². The number of H-pyrrole nitrogens is 1. The maximum absolute atomic E-state index is 12.2. The SMILES string of the molecule is CCCCOc1cc(Br)c(-c2c(C(=O)O)c(N)[nH]c(=O)c2C(=O)O)cc1OC. The Kier molecular flexibility index (Phi) is 6.68. The third-order valence-electron chi connectivity index (χ3n) is 3.95. The minimum atomic E-state index is -1.59. The summed E-state index contributed by atoms with van der Waals surface area (Å²) in [4.78, 5) is 37.7. The number of hydrogen-bond acceptors (Lipinski definition) is 6. The van der Waals surface area contributed by atoms with Crippen molar-refractivity contribution in [1.82, 2.24) is 4.98 Å². The third kappa shape index (κ3) is 4.11. The number of benzene rings is 1. The number of nitrogens with one attached hydrogen (secondary N) is 1. The molecule has 0 fully saturated rings. The Morgan fingerprint density at radius 2 is 1.82 bits per heavy atom. The molecule has 10 heteroatoms. The highest BCUT2D eigenvalue weighted by Crippen LogP contribution is 2.41. The number of ether oxygens (including phenoxy) is 2. The molecule has 2 aromatic rings. The Labute approximate surface area is 168 Å². The molecule has 0 saturated heterocycles. The Bertz CT molecular complexity index is 985. The molecular formula is C18H19BrN2O7. The number of hydrogen-bond donors (Lipinski definition) is 4. The van der Waals surface area contributed by atoms with Gasteiger partial charge in [-0.15, -0.1) is 0 Å². The van der Waals surface area contributed by atoms with Crippen LogP contribution in [0.4, 0.5) is 5.82 Å². The van der Waals surface area contributed by atoms with Crippen LogP contribution in [0.2, 0.25) is 0 Å². The van der Waals surface area contributed by atoms with Gasteiger partial charge in [-0.05, 0) is 18.6 Å². The van der Waals surface area contributed by atoms with Crippen molar-refractivity contribution in [3.05, 3.63) is 38.1 Å². The van der Waals surface area contributed by atoms with Gasteiger partial charge in [0, 0.05) is 15.6 Å². The lowest BCUT2D eigenvalue weighted by Gasteiger charge is -2.17. The molecule has 0 spiro atoms. The number of aromatic nitrogens is 1. The molecule has 0 aliphatic heterocycles. The van der Waals surface area contributed by atoms with Crippen LogP contribution in [0.25, 0.3) is 11.1 Å². The zero-order valence-corrected chi connectivity index (χ0v) is 16.8. The van der Waals surface area contributed by atoms with E-state index in [0.29, 0.717) is 16.8 Å². The lowest BCUT2D eigenvalue weighted by molar-refractivity contribution is 0.0695. The fourth-order valence-electron chi connectivity index (χ4n) is 2.64. The Morgan fingerprint density at radius 1 is 1.18 bits per heavy atom. The van der Waals surface area contributed by atoms with Crippen molar-refractivity contribution in [2.24, 2.45) is 0 Å². The maximum atomic E-state index is 12.2. The van der Waals surface area contributed by atoms with Gasteiger partial charge in [-0.25, -0.2) is 9.59 Å². The molecule has 1 heterocycles. The topological polar surface area (TPSA) is 152 Å². The summed E-state index contributed by atoms with van der Waals surface area (Å²) in [6.07, 6.45) is 1.75. The van der Waals surface area contributed by atoms with Crippen LogP contribution in [0.1, 0.15) is 40.5 Å². The molecule has 0 amide bonds. The first-order valence-corrected chi connectivity index (χ1v) is 9.05. The normalized spacial score (nSPS) is 10.5. The van der Waals surface area contributed by atoms with Crippen LogP contribution in [-0.4, -0.2) is 40.9 Å². The lowest BCUT2D eigenvalue weighted by Crippen LogP contribution is -2.24. The van der Waals surface area contributed by atoms with Crippen LogP contribution in [0.3, 0.4) is 0 Å². The van der Waals surface area contributed by atoms with Gasteiger partial charge in [-0.2, -0.15) is 0 Å². The number of pyridine rings is 1. The molecular weight excluding hydrogens is 436 g/mol. The highest BCUT2D eigenvalue weighted by atomic mass is 79.9. The minimum absolute atomic E-state index is 0.118. The predicted octanol–water partition coefficient (Wildman–Crippen LogP) is 2.97. The van der Waals surface area contributed by atoms with Crippen LogP contribution in [-0.2, 0) is 0 Å². The van der Waals surface area contributed by atoms with Gasteiger partial charge in [-0.1, -0.05) is 29.3 Å². The number of rotatable bonds is 8. The molecule has 0 radical (unpaired) electrons.